The highest BCUT2D eigenvalue weighted by molar-refractivity contribution is 5.90. The van der Waals surface area contributed by atoms with E-state index in [1.54, 1.807) is 51.1 Å². The summed E-state index contributed by atoms with van der Waals surface area (Å²) in [7, 11) is 2.27. The van der Waals surface area contributed by atoms with Gasteiger partial charge in [0.2, 0.25) is 11.8 Å². The van der Waals surface area contributed by atoms with E-state index in [9.17, 15) is 28.8 Å². The summed E-state index contributed by atoms with van der Waals surface area (Å²) in [6.07, 6.45) is -1.37. The average molecular weight is 611 g/mol. The average Bonchev–Trinajstić information content (AvgIpc) is 2.95. The Balaban J connectivity index is 2.87. The first-order chi connectivity index (χ1) is 20.2. The maximum Gasteiger partial charge on any atom is 0.408 e. The number of ether oxygens (including phenoxy) is 5. The van der Waals surface area contributed by atoms with Gasteiger partial charge in [0.25, 0.3) is 0 Å². The van der Waals surface area contributed by atoms with Gasteiger partial charge in [-0.15, -0.1) is 0 Å². The van der Waals surface area contributed by atoms with Crippen molar-refractivity contribution in [3.63, 3.8) is 0 Å². The Bertz CT molecular complexity index is 1090. The van der Waals surface area contributed by atoms with Crippen molar-refractivity contribution in [2.45, 2.75) is 76.9 Å². The van der Waals surface area contributed by atoms with Crippen LogP contribution in [-0.4, -0.2) is 93.0 Å². The van der Waals surface area contributed by atoms with E-state index in [2.05, 4.69) is 25.4 Å². The van der Waals surface area contributed by atoms with Gasteiger partial charge in [0.05, 0.1) is 27.4 Å². The van der Waals surface area contributed by atoms with Crippen molar-refractivity contribution in [3.05, 3.63) is 35.9 Å². The van der Waals surface area contributed by atoms with Crippen LogP contribution in [0, 0.1) is 0 Å². The fraction of sp³-hybridized carbons (Fsp3) is 0.571. The molecule has 15 heteroatoms. The van der Waals surface area contributed by atoms with E-state index < -0.39 is 65.6 Å². The lowest BCUT2D eigenvalue weighted by atomic mass is 10.1. The SMILES string of the molecule is COC(=O)[C@H](N)COC[C@H](NC(=O)CC[C@@H](NC(=O)[C@H](C)NC(=O)OC(C)(C)C)C(=O)OCc1ccccc1)C(=O)OC. The van der Waals surface area contributed by atoms with Crippen LogP contribution in [0.25, 0.3) is 0 Å². The molecule has 3 amide bonds. The number of esters is 3. The lowest BCUT2D eigenvalue weighted by Crippen LogP contribution is -2.52. The highest BCUT2D eigenvalue weighted by atomic mass is 16.6. The van der Waals surface area contributed by atoms with Crippen LogP contribution in [0.3, 0.4) is 0 Å². The molecule has 4 atom stereocenters. The zero-order chi connectivity index (χ0) is 32.6. The molecule has 0 aliphatic heterocycles. The first-order valence-corrected chi connectivity index (χ1v) is 13.5. The predicted molar refractivity (Wildman–Crippen MR) is 151 cm³/mol. The molecular formula is C28H42N4O11. The Morgan fingerprint density at radius 1 is 0.837 bits per heavy atom. The van der Waals surface area contributed by atoms with E-state index in [1.165, 1.54) is 6.92 Å². The summed E-state index contributed by atoms with van der Waals surface area (Å²) in [6.45, 7) is 5.65. The van der Waals surface area contributed by atoms with Gasteiger partial charge in [-0.2, -0.15) is 0 Å². The molecule has 15 nitrogen and oxygen atoms in total. The minimum atomic E-state index is -1.28. The summed E-state index contributed by atoms with van der Waals surface area (Å²) in [6, 6.07) is 4.09. The van der Waals surface area contributed by atoms with Crippen LogP contribution in [0.2, 0.25) is 0 Å². The first-order valence-electron chi connectivity index (χ1n) is 13.5. The maximum absolute atomic E-state index is 12.9. The third kappa shape index (κ3) is 15.0. The molecule has 0 radical (unpaired) electrons. The molecule has 0 heterocycles. The molecule has 1 aromatic rings. The molecule has 43 heavy (non-hydrogen) atoms. The minimum absolute atomic E-state index is 0.0839. The second-order valence-electron chi connectivity index (χ2n) is 10.4. The molecular weight excluding hydrogens is 568 g/mol. The monoisotopic (exact) mass is 610 g/mol. The molecule has 1 rings (SSSR count). The van der Waals surface area contributed by atoms with Crippen molar-refractivity contribution >= 4 is 35.8 Å². The van der Waals surface area contributed by atoms with Crippen LogP contribution in [0.1, 0.15) is 46.1 Å². The van der Waals surface area contributed by atoms with E-state index in [0.717, 1.165) is 14.2 Å². The van der Waals surface area contributed by atoms with Gasteiger partial charge in [-0.3, -0.25) is 14.4 Å². The second-order valence-corrected chi connectivity index (χ2v) is 10.4. The number of nitrogens with one attached hydrogen (secondary N) is 3. The number of hydrogen-bond acceptors (Lipinski definition) is 12. The van der Waals surface area contributed by atoms with Gasteiger partial charge in [0, 0.05) is 6.42 Å². The molecule has 0 spiro atoms. The van der Waals surface area contributed by atoms with Crippen molar-refractivity contribution in [2.75, 3.05) is 27.4 Å². The van der Waals surface area contributed by atoms with E-state index in [1.807, 2.05) is 0 Å². The number of rotatable bonds is 16. The molecule has 240 valence electrons. The van der Waals surface area contributed by atoms with Crippen LogP contribution in [0.4, 0.5) is 4.79 Å². The van der Waals surface area contributed by atoms with Gasteiger partial charge in [-0.05, 0) is 39.7 Å². The second kappa shape index (κ2) is 18.3. The smallest absolute Gasteiger partial charge is 0.408 e. The summed E-state index contributed by atoms with van der Waals surface area (Å²) >= 11 is 0. The standard InChI is InChI=1S/C28H42N4O11/c1-17(30-27(38)43-28(2,3)4)23(34)32-20(26(37)42-14-18-10-8-7-9-11-18)12-13-22(33)31-21(25(36)40-6)16-41-15-19(29)24(35)39-5/h7-11,17,19-21H,12-16,29H2,1-6H3,(H,30,38)(H,31,33)(H,32,34)/t17-,19+,20+,21-/m0/s1. The number of methoxy groups -OCH3 is 2. The van der Waals surface area contributed by atoms with E-state index >= 15 is 0 Å². The first kappa shape index (κ1) is 36.8. The lowest BCUT2D eigenvalue weighted by molar-refractivity contribution is -0.150. The third-order valence-corrected chi connectivity index (χ3v) is 5.52. The summed E-state index contributed by atoms with van der Waals surface area (Å²) in [5.41, 5.74) is 5.50. The van der Waals surface area contributed by atoms with Gasteiger partial charge in [0.1, 0.15) is 30.3 Å². The Morgan fingerprint density at radius 3 is 2.05 bits per heavy atom. The number of carbonyl (C=O) groups is 6. The van der Waals surface area contributed by atoms with Crippen molar-refractivity contribution in [1.29, 1.82) is 0 Å². The molecule has 0 aromatic heterocycles. The van der Waals surface area contributed by atoms with E-state index in [-0.39, 0.29) is 32.7 Å². The lowest BCUT2D eigenvalue weighted by Gasteiger charge is -2.23. The van der Waals surface area contributed by atoms with Crippen LogP contribution in [0.15, 0.2) is 30.3 Å². The van der Waals surface area contributed by atoms with Gasteiger partial charge in [-0.1, -0.05) is 30.3 Å². The van der Waals surface area contributed by atoms with Gasteiger partial charge in [0.15, 0.2) is 6.04 Å². The molecule has 0 aliphatic rings. The van der Waals surface area contributed by atoms with E-state index in [0.29, 0.717) is 5.56 Å². The molecule has 0 bridgehead atoms. The molecule has 0 fully saturated rings. The number of amides is 3. The number of alkyl carbamates (subject to hydrolysis) is 1. The molecule has 1 aromatic carbocycles. The summed E-state index contributed by atoms with van der Waals surface area (Å²) < 4.78 is 24.9. The summed E-state index contributed by atoms with van der Waals surface area (Å²) in [5.74, 6) is -3.77. The normalized spacial score (nSPS) is 13.7. The fourth-order valence-electron chi connectivity index (χ4n) is 3.31. The Labute approximate surface area is 250 Å². The number of carbonyl (C=O) groups excluding carboxylic acids is 6. The zero-order valence-corrected chi connectivity index (χ0v) is 25.3. The Kier molecular flexibility index (Phi) is 15.7. The van der Waals surface area contributed by atoms with Crippen molar-refractivity contribution in [1.82, 2.24) is 16.0 Å². The van der Waals surface area contributed by atoms with Crippen LogP contribution < -0.4 is 21.7 Å². The molecule has 0 aliphatic carbocycles. The fourth-order valence-corrected chi connectivity index (χ4v) is 3.31. The zero-order valence-electron chi connectivity index (χ0n) is 25.3. The molecule has 0 saturated carbocycles. The van der Waals surface area contributed by atoms with Gasteiger partial charge >= 0.3 is 24.0 Å². The quantitative estimate of drug-likeness (QED) is 0.145. The summed E-state index contributed by atoms with van der Waals surface area (Å²) in [4.78, 5) is 74.1. The topological polar surface area (TPSA) is 211 Å². The van der Waals surface area contributed by atoms with Crippen LogP contribution in [-0.2, 0) is 54.3 Å². The summed E-state index contributed by atoms with van der Waals surface area (Å²) in [5, 5.41) is 7.29. The Hall–Kier alpha value is -4.24. The Morgan fingerprint density at radius 2 is 1.47 bits per heavy atom. The van der Waals surface area contributed by atoms with Crippen LogP contribution in [0.5, 0.6) is 0 Å². The number of nitrogens with two attached hydrogens (primary N) is 1. The predicted octanol–water partition coefficient (Wildman–Crippen LogP) is 0.0827. The number of hydrogen-bond donors (Lipinski definition) is 4. The largest absolute Gasteiger partial charge is 0.468 e. The van der Waals surface area contributed by atoms with Crippen molar-refractivity contribution in [2.24, 2.45) is 5.73 Å². The maximum atomic E-state index is 12.9. The minimum Gasteiger partial charge on any atom is -0.468 e. The molecule has 5 N–H and O–H groups in total. The van der Waals surface area contributed by atoms with Gasteiger partial charge < -0.3 is 45.4 Å². The van der Waals surface area contributed by atoms with Gasteiger partial charge in [-0.25, -0.2) is 14.4 Å². The van der Waals surface area contributed by atoms with Crippen LogP contribution >= 0.6 is 0 Å². The highest BCUT2D eigenvalue weighted by Crippen LogP contribution is 2.08. The number of benzene rings is 1. The highest BCUT2D eigenvalue weighted by Gasteiger charge is 2.29. The van der Waals surface area contributed by atoms with E-state index in [4.69, 9.17) is 19.9 Å². The molecule has 0 saturated heterocycles. The third-order valence-electron chi connectivity index (χ3n) is 5.52. The van der Waals surface area contributed by atoms with Crippen molar-refractivity contribution in [3.8, 4) is 0 Å². The molecule has 0 unspecified atom stereocenters. The van der Waals surface area contributed by atoms with Crippen molar-refractivity contribution < 1.29 is 52.5 Å².